The molecule has 162 valence electrons. The zero-order valence-corrected chi connectivity index (χ0v) is 17.8. The van der Waals surface area contributed by atoms with Crippen LogP contribution >= 0.6 is 11.6 Å². The van der Waals surface area contributed by atoms with Gasteiger partial charge >= 0.3 is 0 Å². The normalized spacial score (nSPS) is 15.5. The van der Waals surface area contributed by atoms with Crippen LogP contribution in [0.3, 0.4) is 0 Å². The lowest BCUT2D eigenvalue weighted by Gasteiger charge is -2.21. The van der Waals surface area contributed by atoms with Gasteiger partial charge in [-0.1, -0.05) is 24.4 Å². The van der Waals surface area contributed by atoms with Gasteiger partial charge in [-0.25, -0.2) is 17.2 Å². The van der Waals surface area contributed by atoms with Crippen molar-refractivity contribution in [1.82, 2.24) is 4.31 Å². The van der Waals surface area contributed by atoms with Gasteiger partial charge in [-0.05, 0) is 43.2 Å². The van der Waals surface area contributed by atoms with E-state index in [0.29, 0.717) is 25.2 Å². The van der Waals surface area contributed by atoms with Gasteiger partial charge < -0.3 is 10.1 Å². The van der Waals surface area contributed by atoms with Crippen LogP contribution < -0.4 is 10.1 Å². The Balaban J connectivity index is 1.93. The highest BCUT2D eigenvalue weighted by Gasteiger charge is 2.26. The summed E-state index contributed by atoms with van der Waals surface area (Å²) >= 11 is 5.86. The summed E-state index contributed by atoms with van der Waals surface area (Å²) in [5, 5.41) is 2.19. The van der Waals surface area contributed by atoms with Crippen LogP contribution in [0.25, 0.3) is 0 Å². The molecule has 1 saturated heterocycles. The zero-order valence-electron chi connectivity index (χ0n) is 16.3. The molecule has 1 N–H and O–H groups in total. The van der Waals surface area contributed by atoms with Gasteiger partial charge in [0.2, 0.25) is 10.0 Å². The lowest BCUT2D eigenvalue weighted by Crippen LogP contribution is -2.32. The van der Waals surface area contributed by atoms with Crippen molar-refractivity contribution in [2.24, 2.45) is 0 Å². The van der Waals surface area contributed by atoms with E-state index in [1.165, 1.54) is 29.6 Å². The number of carbonyl (C=O) groups excluding carboxylic acids is 1. The number of methoxy groups -OCH3 is 1. The van der Waals surface area contributed by atoms with Crippen LogP contribution in [0.2, 0.25) is 5.02 Å². The van der Waals surface area contributed by atoms with E-state index in [-0.39, 0.29) is 26.9 Å². The largest absolute Gasteiger partial charge is 0.495 e. The molecule has 2 aromatic rings. The lowest BCUT2D eigenvalue weighted by molar-refractivity contribution is 0.102. The third kappa shape index (κ3) is 4.74. The Morgan fingerprint density at radius 1 is 1.07 bits per heavy atom. The van der Waals surface area contributed by atoms with E-state index >= 15 is 0 Å². The summed E-state index contributed by atoms with van der Waals surface area (Å²) in [4.78, 5) is 12.6. The minimum absolute atomic E-state index is 0.00289. The SMILES string of the molecule is COc1ccc(S(=O)(=O)N2CCCCCC2)cc1NC(=O)c1cc(F)c(F)cc1Cl. The van der Waals surface area contributed by atoms with Crippen LogP contribution in [0.5, 0.6) is 5.75 Å². The molecular weight excluding hydrogens is 438 g/mol. The van der Waals surface area contributed by atoms with E-state index in [4.69, 9.17) is 16.3 Å². The molecule has 6 nitrogen and oxygen atoms in total. The highest BCUT2D eigenvalue weighted by Crippen LogP contribution is 2.31. The molecule has 10 heteroatoms. The molecule has 0 spiro atoms. The smallest absolute Gasteiger partial charge is 0.257 e. The fourth-order valence-electron chi connectivity index (χ4n) is 3.26. The van der Waals surface area contributed by atoms with E-state index in [1.54, 1.807) is 0 Å². The topological polar surface area (TPSA) is 75.7 Å². The maximum Gasteiger partial charge on any atom is 0.257 e. The van der Waals surface area contributed by atoms with Crippen LogP contribution in [-0.2, 0) is 10.0 Å². The molecule has 0 saturated carbocycles. The molecule has 1 fully saturated rings. The second-order valence-electron chi connectivity index (χ2n) is 6.88. The van der Waals surface area contributed by atoms with Crippen LogP contribution in [0, 0.1) is 11.6 Å². The maximum absolute atomic E-state index is 13.5. The van der Waals surface area contributed by atoms with Crippen molar-refractivity contribution in [3.63, 3.8) is 0 Å². The average molecular weight is 459 g/mol. The summed E-state index contributed by atoms with van der Waals surface area (Å²) in [7, 11) is -2.40. The quantitative estimate of drug-likeness (QED) is 0.672. The lowest BCUT2D eigenvalue weighted by atomic mass is 10.2. The van der Waals surface area contributed by atoms with Crippen molar-refractivity contribution < 1.29 is 26.7 Å². The number of ether oxygens (including phenoxy) is 1. The molecule has 0 aliphatic carbocycles. The number of benzene rings is 2. The van der Waals surface area contributed by atoms with Crippen LogP contribution in [0.1, 0.15) is 36.0 Å². The zero-order chi connectivity index (χ0) is 21.9. The molecule has 3 rings (SSSR count). The van der Waals surface area contributed by atoms with Crippen LogP contribution in [0.15, 0.2) is 35.2 Å². The van der Waals surface area contributed by atoms with Gasteiger partial charge in [0, 0.05) is 13.1 Å². The van der Waals surface area contributed by atoms with Crippen molar-refractivity contribution in [2.45, 2.75) is 30.6 Å². The minimum Gasteiger partial charge on any atom is -0.495 e. The highest BCUT2D eigenvalue weighted by molar-refractivity contribution is 7.89. The molecule has 2 aromatic carbocycles. The Morgan fingerprint density at radius 3 is 2.33 bits per heavy atom. The van der Waals surface area contributed by atoms with Crippen molar-refractivity contribution in [3.05, 3.63) is 52.6 Å². The van der Waals surface area contributed by atoms with Gasteiger partial charge in [0.1, 0.15) is 5.75 Å². The fourth-order valence-corrected chi connectivity index (χ4v) is 5.04. The first-order valence-corrected chi connectivity index (χ1v) is 11.2. The summed E-state index contributed by atoms with van der Waals surface area (Å²) < 4.78 is 59.5. The molecule has 0 aromatic heterocycles. The van der Waals surface area contributed by atoms with Crippen molar-refractivity contribution in [2.75, 3.05) is 25.5 Å². The maximum atomic E-state index is 13.5. The Hall–Kier alpha value is -2.23. The Labute approximate surface area is 178 Å². The van der Waals surface area contributed by atoms with Gasteiger partial charge in [0.15, 0.2) is 11.6 Å². The van der Waals surface area contributed by atoms with E-state index < -0.39 is 27.6 Å². The highest BCUT2D eigenvalue weighted by atomic mass is 35.5. The van der Waals surface area contributed by atoms with Crippen molar-refractivity contribution >= 4 is 33.2 Å². The number of nitrogens with one attached hydrogen (secondary N) is 1. The average Bonchev–Trinajstić information content (AvgIpc) is 3.00. The van der Waals surface area contributed by atoms with Gasteiger partial charge in [0.25, 0.3) is 5.91 Å². The van der Waals surface area contributed by atoms with Gasteiger partial charge in [-0.3, -0.25) is 4.79 Å². The van der Waals surface area contributed by atoms with E-state index in [9.17, 15) is 22.0 Å². The number of hydrogen-bond acceptors (Lipinski definition) is 4. The molecule has 1 aliphatic rings. The number of hydrogen-bond donors (Lipinski definition) is 1. The molecule has 1 heterocycles. The number of amides is 1. The molecule has 30 heavy (non-hydrogen) atoms. The number of sulfonamides is 1. The first-order chi connectivity index (χ1) is 14.2. The molecule has 1 amide bonds. The first-order valence-electron chi connectivity index (χ1n) is 9.38. The molecule has 0 radical (unpaired) electrons. The predicted octanol–water partition coefficient (Wildman–Crippen LogP) is 4.44. The third-order valence-corrected chi connectivity index (χ3v) is 7.08. The number of rotatable bonds is 5. The molecule has 1 aliphatic heterocycles. The number of nitrogens with zero attached hydrogens (tertiary/aromatic N) is 1. The van der Waals surface area contributed by atoms with E-state index in [1.807, 2.05) is 0 Å². The number of carbonyl (C=O) groups is 1. The summed E-state index contributed by atoms with van der Waals surface area (Å²) in [6, 6.07) is 5.48. The predicted molar refractivity (Wildman–Crippen MR) is 110 cm³/mol. The van der Waals surface area contributed by atoms with Crippen molar-refractivity contribution in [1.29, 1.82) is 0 Å². The minimum atomic E-state index is -3.76. The monoisotopic (exact) mass is 458 g/mol. The van der Waals surface area contributed by atoms with Crippen LogP contribution in [-0.4, -0.2) is 38.8 Å². The van der Waals surface area contributed by atoms with E-state index in [0.717, 1.165) is 25.7 Å². The second-order valence-corrected chi connectivity index (χ2v) is 9.23. The molecule has 0 bridgehead atoms. The number of halogens is 3. The summed E-state index contributed by atoms with van der Waals surface area (Å²) in [6.45, 7) is 0.862. The van der Waals surface area contributed by atoms with Gasteiger partial charge in [-0.15, -0.1) is 0 Å². The summed E-state index contributed by atoms with van der Waals surface area (Å²) in [5.74, 6) is -3.04. The van der Waals surface area contributed by atoms with Crippen molar-refractivity contribution in [3.8, 4) is 5.75 Å². The van der Waals surface area contributed by atoms with Crippen LogP contribution in [0.4, 0.5) is 14.5 Å². The summed E-state index contributed by atoms with van der Waals surface area (Å²) in [6.07, 6.45) is 3.52. The molecule has 0 unspecified atom stereocenters. The fraction of sp³-hybridized carbons (Fsp3) is 0.350. The van der Waals surface area contributed by atoms with Gasteiger partial charge in [0.05, 0.1) is 28.3 Å². The number of anilines is 1. The van der Waals surface area contributed by atoms with Gasteiger partial charge in [-0.2, -0.15) is 4.31 Å². The standard InChI is InChI=1S/C20H21ClF2N2O4S/c1-29-19-7-6-13(30(27,28)25-8-4-2-3-5-9-25)10-18(19)24-20(26)14-11-16(22)17(23)12-15(14)21/h6-7,10-12H,2-5,8-9H2,1H3,(H,24,26). The first kappa shape index (κ1) is 22.5. The van der Waals surface area contributed by atoms with E-state index in [2.05, 4.69) is 5.32 Å². The Bertz CT molecular complexity index is 1060. The Kier molecular flexibility index (Phi) is 6.95. The molecule has 0 atom stereocenters. The third-order valence-electron chi connectivity index (χ3n) is 4.88. The molecular formula is C20H21ClF2N2O4S. The summed E-state index contributed by atoms with van der Waals surface area (Å²) in [5.41, 5.74) is -0.224. The second kappa shape index (κ2) is 9.28. The Morgan fingerprint density at radius 2 is 1.70 bits per heavy atom.